The number of aliphatic carboxylic acids is 1. The molecule has 2 fully saturated rings. The zero-order chi connectivity index (χ0) is 14.3. The second-order valence-corrected chi connectivity index (χ2v) is 5.91. The topological polar surface area (TPSA) is 57.6 Å². The molecule has 3 rings (SSSR count). The van der Waals surface area contributed by atoms with Crippen LogP contribution in [0.5, 0.6) is 0 Å². The fourth-order valence-electron chi connectivity index (χ4n) is 3.09. The normalized spacial score (nSPS) is 28.4. The minimum Gasteiger partial charge on any atom is -0.480 e. The van der Waals surface area contributed by atoms with E-state index < -0.39 is 12.0 Å². The maximum Gasteiger partial charge on any atom is 0.326 e. The van der Waals surface area contributed by atoms with E-state index in [-0.39, 0.29) is 17.7 Å². The zero-order valence-electron chi connectivity index (χ0n) is 11.0. The molecular formula is C15H16ClNO3. The Hall–Kier alpha value is -1.55. The standard InChI is InChI=1S/C15H16ClNO3/c16-12-5-2-1-4-9(12)10-8-11(10)14(18)17-7-3-6-13(17)15(19)20/h1-2,4-5,10-11,13H,3,6-8H2,(H,19,20)/t10?,11?,13-/m1/s1. The molecule has 20 heavy (non-hydrogen) atoms. The summed E-state index contributed by atoms with van der Waals surface area (Å²) in [6.07, 6.45) is 2.10. The minimum absolute atomic E-state index is 0.0279. The summed E-state index contributed by atoms with van der Waals surface area (Å²) in [6, 6.07) is 6.91. The van der Waals surface area contributed by atoms with E-state index in [1.165, 1.54) is 4.90 Å². The Bertz CT molecular complexity index is 560. The van der Waals surface area contributed by atoms with Gasteiger partial charge in [0.15, 0.2) is 0 Å². The first-order valence-electron chi connectivity index (χ1n) is 6.87. The maximum absolute atomic E-state index is 12.4. The van der Waals surface area contributed by atoms with Gasteiger partial charge in [0.1, 0.15) is 6.04 Å². The molecule has 106 valence electrons. The van der Waals surface area contributed by atoms with Crippen LogP contribution in [0.15, 0.2) is 24.3 Å². The number of benzene rings is 1. The monoisotopic (exact) mass is 293 g/mol. The van der Waals surface area contributed by atoms with Gasteiger partial charge < -0.3 is 10.0 Å². The van der Waals surface area contributed by atoms with Crippen LogP contribution in [0, 0.1) is 5.92 Å². The van der Waals surface area contributed by atoms with Crippen LogP contribution in [0.4, 0.5) is 0 Å². The maximum atomic E-state index is 12.4. The van der Waals surface area contributed by atoms with Crippen molar-refractivity contribution in [2.45, 2.75) is 31.2 Å². The van der Waals surface area contributed by atoms with Crippen molar-refractivity contribution in [2.75, 3.05) is 6.54 Å². The summed E-state index contributed by atoms with van der Waals surface area (Å²) in [5.41, 5.74) is 0.999. The molecule has 1 aromatic rings. The number of hydrogen-bond donors (Lipinski definition) is 1. The van der Waals surface area contributed by atoms with E-state index >= 15 is 0 Å². The van der Waals surface area contributed by atoms with Gasteiger partial charge in [0, 0.05) is 17.5 Å². The lowest BCUT2D eigenvalue weighted by atomic mass is 10.1. The van der Waals surface area contributed by atoms with E-state index in [4.69, 9.17) is 16.7 Å². The number of likely N-dealkylation sites (tertiary alicyclic amines) is 1. The van der Waals surface area contributed by atoms with E-state index in [9.17, 15) is 9.59 Å². The number of halogens is 1. The summed E-state index contributed by atoms with van der Waals surface area (Å²) in [6.45, 7) is 0.557. The van der Waals surface area contributed by atoms with Crippen LogP contribution in [0.3, 0.4) is 0 Å². The predicted molar refractivity (Wildman–Crippen MR) is 74.7 cm³/mol. The van der Waals surface area contributed by atoms with Gasteiger partial charge >= 0.3 is 5.97 Å². The Balaban J connectivity index is 1.72. The van der Waals surface area contributed by atoms with E-state index in [1.54, 1.807) is 0 Å². The highest BCUT2D eigenvalue weighted by molar-refractivity contribution is 6.31. The molecule has 1 aliphatic heterocycles. The second kappa shape index (κ2) is 5.09. The molecule has 4 nitrogen and oxygen atoms in total. The van der Waals surface area contributed by atoms with Crippen LogP contribution < -0.4 is 0 Å². The summed E-state index contributed by atoms with van der Waals surface area (Å²) in [5, 5.41) is 9.83. The molecule has 2 unspecified atom stereocenters. The Kier molecular flexibility index (Phi) is 3.42. The summed E-state index contributed by atoms with van der Waals surface area (Å²) < 4.78 is 0. The fraction of sp³-hybridized carbons (Fsp3) is 0.467. The number of carbonyl (C=O) groups excluding carboxylic acids is 1. The van der Waals surface area contributed by atoms with Gasteiger partial charge in [-0.25, -0.2) is 4.79 Å². The number of hydrogen-bond acceptors (Lipinski definition) is 2. The quantitative estimate of drug-likeness (QED) is 0.931. The molecule has 1 N–H and O–H groups in total. The fourth-order valence-corrected chi connectivity index (χ4v) is 3.36. The van der Waals surface area contributed by atoms with Crippen molar-refractivity contribution in [3.63, 3.8) is 0 Å². The first kappa shape index (κ1) is 13.4. The Morgan fingerprint density at radius 2 is 2.05 bits per heavy atom. The largest absolute Gasteiger partial charge is 0.480 e. The van der Waals surface area contributed by atoms with Gasteiger partial charge in [0.2, 0.25) is 5.91 Å². The molecule has 1 aromatic carbocycles. The van der Waals surface area contributed by atoms with Crippen LogP contribution in [-0.2, 0) is 9.59 Å². The number of carboxylic acid groups (broad SMARTS) is 1. The molecule has 5 heteroatoms. The van der Waals surface area contributed by atoms with Crippen LogP contribution in [-0.4, -0.2) is 34.5 Å². The van der Waals surface area contributed by atoms with Crippen molar-refractivity contribution in [1.82, 2.24) is 4.90 Å². The molecule has 1 saturated carbocycles. The third kappa shape index (κ3) is 2.29. The van der Waals surface area contributed by atoms with Crippen molar-refractivity contribution in [3.8, 4) is 0 Å². The van der Waals surface area contributed by atoms with Gasteiger partial charge in [-0.05, 0) is 36.8 Å². The van der Waals surface area contributed by atoms with Gasteiger partial charge in [-0.15, -0.1) is 0 Å². The molecule has 3 atom stereocenters. The van der Waals surface area contributed by atoms with Crippen molar-refractivity contribution in [1.29, 1.82) is 0 Å². The molecular weight excluding hydrogens is 278 g/mol. The van der Waals surface area contributed by atoms with Crippen LogP contribution >= 0.6 is 11.6 Å². The molecule has 0 bridgehead atoms. The van der Waals surface area contributed by atoms with E-state index in [2.05, 4.69) is 0 Å². The third-order valence-electron chi connectivity index (χ3n) is 4.23. The average molecular weight is 294 g/mol. The molecule has 0 spiro atoms. The van der Waals surface area contributed by atoms with E-state index in [0.717, 1.165) is 18.4 Å². The van der Waals surface area contributed by atoms with E-state index in [1.807, 2.05) is 24.3 Å². The summed E-state index contributed by atoms with van der Waals surface area (Å²) in [7, 11) is 0. The number of carbonyl (C=O) groups is 2. The van der Waals surface area contributed by atoms with Gasteiger partial charge in [0.05, 0.1) is 0 Å². The Morgan fingerprint density at radius 1 is 1.30 bits per heavy atom. The molecule has 1 saturated heterocycles. The van der Waals surface area contributed by atoms with Gasteiger partial charge in [-0.1, -0.05) is 29.8 Å². The lowest BCUT2D eigenvalue weighted by Crippen LogP contribution is -2.41. The Labute approximate surface area is 122 Å². The highest BCUT2D eigenvalue weighted by Crippen LogP contribution is 2.50. The molecule has 1 heterocycles. The van der Waals surface area contributed by atoms with Crippen LogP contribution in [0.1, 0.15) is 30.7 Å². The van der Waals surface area contributed by atoms with Crippen molar-refractivity contribution in [2.24, 2.45) is 5.92 Å². The highest BCUT2D eigenvalue weighted by atomic mass is 35.5. The zero-order valence-corrected chi connectivity index (χ0v) is 11.7. The average Bonchev–Trinajstić information content (AvgIpc) is 3.05. The first-order valence-corrected chi connectivity index (χ1v) is 7.25. The number of carboxylic acids is 1. The molecule has 0 radical (unpaired) electrons. The van der Waals surface area contributed by atoms with Crippen LogP contribution in [0.25, 0.3) is 0 Å². The van der Waals surface area contributed by atoms with Crippen molar-refractivity contribution < 1.29 is 14.7 Å². The first-order chi connectivity index (χ1) is 9.59. The third-order valence-corrected chi connectivity index (χ3v) is 4.58. The number of amides is 1. The smallest absolute Gasteiger partial charge is 0.326 e. The number of rotatable bonds is 3. The summed E-state index contributed by atoms with van der Waals surface area (Å²) in [4.78, 5) is 25.1. The molecule has 1 aliphatic carbocycles. The Morgan fingerprint density at radius 3 is 2.75 bits per heavy atom. The number of nitrogens with zero attached hydrogens (tertiary/aromatic N) is 1. The van der Waals surface area contributed by atoms with Gasteiger partial charge in [-0.3, -0.25) is 4.79 Å². The summed E-state index contributed by atoms with van der Waals surface area (Å²) >= 11 is 6.15. The van der Waals surface area contributed by atoms with Crippen LogP contribution in [0.2, 0.25) is 5.02 Å². The molecule has 0 aromatic heterocycles. The van der Waals surface area contributed by atoms with E-state index in [0.29, 0.717) is 18.0 Å². The lowest BCUT2D eigenvalue weighted by Gasteiger charge is -2.21. The predicted octanol–water partition coefficient (Wildman–Crippen LogP) is 2.52. The molecule has 1 amide bonds. The second-order valence-electron chi connectivity index (χ2n) is 5.50. The van der Waals surface area contributed by atoms with Crippen molar-refractivity contribution >= 4 is 23.5 Å². The van der Waals surface area contributed by atoms with Gasteiger partial charge in [0.25, 0.3) is 0 Å². The SMILES string of the molecule is O=C(O)[C@H]1CCCN1C(=O)C1CC1c1ccccc1Cl. The lowest BCUT2D eigenvalue weighted by molar-refractivity contribution is -0.148. The van der Waals surface area contributed by atoms with Crippen molar-refractivity contribution in [3.05, 3.63) is 34.9 Å². The highest BCUT2D eigenvalue weighted by Gasteiger charge is 2.49. The summed E-state index contributed by atoms with van der Waals surface area (Å²) in [5.74, 6) is -0.883. The molecule has 2 aliphatic rings. The minimum atomic E-state index is -0.897. The van der Waals surface area contributed by atoms with Gasteiger partial charge in [-0.2, -0.15) is 0 Å².